The summed E-state index contributed by atoms with van der Waals surface area (Å²) in [5.74, 6) is 0.862. The number of rotatable bonds is 4. The summed E-state index contributed by atoms with van der Waals surface area (Å²) >= 11 is 0. The molecule has 4 atom stereocenters. The lowest BCUT2D eigenvalue weighted by molar-refractivity contribution is -0.0237. The third kappa shape index (κ3) is 4.39. The van der Waals surface area contributed by atoms with Crippen LogP contribution in [0.25, 0.3) is 0 Å². The quantitative estimate of drug-likeness (QED) is 0.555. The lowest BCUT2D eigenvalue weighted by Crippen LogP contribution is -2.30. The van der Waals surface area contributed by atoms with Crippen LogP contribution in [0.3, 0.4) is 0 Å². The van der Waals surface area contributed by atoms with E-state index in [0.717, 1.165) is 38.5 Å². The maximum absolute atomic E-state index is 11.9. The minimum atomic E-state index is -0.505. The van der Waals surface area contributed by atoms with Crippen LogP contribution in [0, 0.1) is 11.8 Å². The molecule has 2 aliphatic rings. The van der Waals surface area contributed by atoms with Gasteiger partial charge in [-0.3, -0.25) is 0 Å². The first-order chi connectivity index (χ1) is 9.66. The number of hydrogen-bond donors (Lipinski definition) is 0. The lowest BCUT2D eigenvalue weighted by atomic mass is 9.90. The van der Waals surface area contributed by atoms with E-state index in [1.54, 1.807) is 0 Å². The van der Waals surface area contributed by atoms with Crippen molar-refractivity contribution in [2.45, 2.75) is 64.6 Å². The van der Waals surface area contributed by atoms with Crippen LogP contribution in [0.5, 0.6) is 0 Å². The second-order valence-corrected chi connectivity index (χ2v) is 5.99. The number of ether oxygens (including phenoxy) is 2. The van der Waals surface area contributed by atoms with Gasteiger partial charge in [0, 0.05) is 0 Å². The largest absolute Gasteiger partial charge is 0.508 e. The summed E-state index contributed by atoms with van der Waals surface area (Å²) in [5, 5.41) is 0. The highest BCUT2D eigenvalue weighted by Gasteiger charge is 2.25. The Labute approximate surface area is 122 Å². The zero-order valence-corrected chi connectivity index (χ0v) is 12.6. The number of hydrogen-bond acceptors (Lipinski definition) is 3. The molecule has 3 heteroatoms. The molecule has 0 bridgehead atoms. The Hall–Kier alpha value is -1.25. The van der Waals surface area contributed by atoms with Gasteiger partial charge in [-0.05, 0) is 64.2 Å². The average Bonchev–Trinajstić information content (AvgIpc) is 2.49. The van der Waals surface area contributed by atoms with Crippen LogP contribution in [0.2, 0.25) is 0 Å². The van der Waals surface area contributed by atoms with Crippen molar-refractivity contribution >= 4 is 6.16 Å². The maximum Gasteiger partial charge on any atom is 0.508 e. The molecule has 4 unspecified atom stereocenters. The second-order valence-electron chi connectivity index (χ2n) is 5.99. The fraction of sp³-hybridized carbons (Fsp3) is 0.706. The van der Waals surface area contributed by atoms with Gasteiger partial charge in [0.15, 0.2) is 0 Å². The SMILES string of the molecule is CC(OC(=O)OC(C)C1CC=CCC1)C1CC=CCC1. The van der Waals surface area contributed by atoms with Gasteiger partial charge in [-0.25, -0.2) is 4.79 Å². The zero-order valence-electron chi connectivity index (χ0n) is 12.6. The third-order valence-electron chi connectivity index (χ3n) is 4.51. The van der Waals surface area contributed by atoms with E-state index in [0.29, 0.717) is 11.8 Å². The van der Waals surface area contributed by atoms with E-state index in [2.05, 4.69) is 24.3 Å². The van der Waals surface area contributed by atoms with Crippen LogP contribution in [0.15, 0.2) is 24.3 Å². The van der Waals surface area contributed by atoms with E-state index in [1.807, 2.05) is 13.8 Å². The normalized spacial score (nSPS) is 28.7. The fourth-order valence-electron chi connectivity index (χ4n) is 3.01. The first-order valence-electron chi connectivity index (χ1n) is 7.84. The molecular weight excluding hydrogens is 252 g/mol. The maximum atomic E-state index is 11.9. The molecule has 0 aromatic rings. The lowest BCUT2D eigenvalue weighted by Gasteiger charge is -2.27. The van der Waals surface area contributed by atoms with Gasteiger partial charge in [0.1, 0.15) is 12.2 Å². The van der Waals surface area contributed by atoms with E-state index >= 15 is 0 Å². The van der Waals surface area contributed by atoms with Crippen molar-refractivity contribution in [1.82, 2.24) is 0 Å². The molecule has 0 fully saturated rings. The van der Waals surface area contributed by atoms with Crippen molar-refractivity contribution in [2.24, 2.45) is 11.8 Å². The molecule has 0 amide bonds. The first kappa shape index (κ1) is 15.1. The minimum Gasteiger partial charge on any atom is -0.431 e. The highest BCUT2D eigenvalue weighted by molar-refractivity contribution is 5.60. The summed E-state index contributed by atoms with van der Waals surface area (Å²) in [7, 11) is 0. The monoisotopic (exact) mass is 278 g/mol. The van der Waals surface area contributed by atoms with E-state index in [-0.39, 0.29) is 12.2 Å². The molecule has 0 aliphatic heterocycles. The topological polar surface area (TPSA) is 35.5 Å². The van der Waals surface area contributed by atoms with Gasteiger partial charge >= 0.3 is 6.16 Å². The number of carbonyl (C=O) groups is 1. The van der Waals surface area contributed by atoms with Crippen LogP contribution in [-0.2, 0) is 9.47 Å². The fourth-order valence-corrected chi connectivity index (χ4v) is 3.01. The van der Waals surface area contributed by atoms with Crippen molar-refractivity contribution < 1.29 is 14.3 Å². The van der Waals surface area contributed by atoms with Crippen molar-refractivity contribution in [3.8, 4) is 0 Å². The number of carbonyl (C=O) groups excluding carboxylic acids is 1. The average molecular weight is 278 g/mol. The third-order valence-corrected chi connectivity index (χ3v) is 4.51. The molecule has 0 spiro atoms. The number of allylic oxidation sites excluding steroid dienone is 4. The van der Waals surface area contributed by atoms with Crippen molar-refractivity contribution in [3.63, 3.8) is 0 Å². The summed E-state index contributed by atoms with van der Waals surface area (Å²) in [6, 6.07) is 0. The Morgan fingerprint density at radius 3 is 1.70 bits per heavy atom. The van der Waals surface area contributed by atoms with Crippen molar-refractivity contribution in [3.05, 3.63) is 24.3 Å². The Bertz CT molecular complexity index is 338. The summed E-state index contributed by atoms with van der Waals surface area (Å²) < 4.78 is 10.9. The summed E-state index contributed by atoms with van der Waals surface area (Å²) in [6.07, 6.45) is 14.5. The van der Waals surface area contributed by atoms with E-state index in [4.69, 9.17) is 9.47 Å². The van der Waals surface area contributed by atoms with Crippen LogP contribution in [-0.4, -0.2) is 18.4 Å². The van der Waals surface area contributed by atoms with Crippen LogP contribution in [0.4, 0.5) is 4.79 Å². The molecule has 0 aromatic carbocycles. The highest BCUT2D eigenvalue weighted by atomic mass is 16.7. The first-order valence-corrected chi connectivity index (χ1v) is 7.84. The van der Waals surface area contributed by atoms with Crippen molar-refractivity contribution in [1.29, 1.82) is 0 Å². The molecule has 0 saturated carbocycles. The van der Waals surface area contributed by atoms with Crippen LogP contribution >= 0.6 is 0 Å². The van der Waals surface area contributed by atoms with Gasteiger partial charge in [-0.2, -0.15) is 0 Å². The van der Waals surface area contributed by atoms with Gasteiger partial charge in [-0.1, -0.05) is 24.3 Å². The zero-order chi connectivity index (χ0) is 14.4. The highest BCUT2D eigenvalue weighted by Crippen LogP contribution is 2.26. The minimum absolute atomic E-state index is 0.0640. The van der Waals surface area contributed by atoms with E-state index in [9.17, 15) is 4.79 Å². The molecule has 2 aliphatic carbocycles. The van der Waals surface area contributed by atoms with E-state index in [1.165, 1.54) is 0 Å². The van der Waals surface area contributed by atoms with Gasteiger partial charge < -0.3 is 9.47 Å². The second kappa shape index (κ2) is 7.51. The molecule has 0 aromatic heterocycles. The molecule has 112 valence electrons. The van der Waals surface area contributed by atoms with Crippen LogP contribution in [0.1, 0.15) is 52.4 Å². The van der Waals surface area contributed by atoms with Gasteiger partial charge in [0.2, 0.25) is 0 Å². The smallest absolute Gasteiger partial charge is 0.431 e. The summed E-state index contributed by atoms with van der Waals surface area (Å²) in [4.78, 5) is 11.9. The molecule has 20 heavy (non-hydrogen) atoms. The molecule has 2 rings (SSSR count). The van der Waals surface area contributed by atoms with Crippen LogP contribution < -0.4 is 0 Å². The van der Waals surface area contributed by atoms with Gasteiger partial charge in [0.25, 0.3) is 0 Å². The molecule has 0 heterocycles. The van der Waals surface area contributed by atoms with Gasteiger partial charge in [0.05, 0.1) is 0 Å². The molecule has 0 N–H and O–H groups in total. The Balaban J connectivity index is 1.73. The molecule has 0 radical (unpaired) electrons. The van der Waals surface area contributed by atoms with Crippen molar-refractivity contribution in [2.75, 3.05) is 0 Å². The van der Waals surface area contributed by atoms with E-state index < -0.39 is 6.16 Å². The molecule has 0 saturated heterocycles. The summed E-state index contributed by atoms with van der Waals surface area (Å²) in [6.45, 7) is 3.94. The van der Waals surface area contributed by atoms with Gasteiger partial charge in [-0.15, -0.1) is 0 Å². The Kier molecular flexibility index (Phi) is 5.69. The molecular formula is C17H26O3. The standard InChI is InChI=1S/C17H26O3/c1-13(15-9-5-3-6-10-15)19-17(18)20-14(2)16-11-7-4-8-12-16/h3-5,7,13-16H,6,8-12H2,1-2H3. The predicted molar refractivity (Wildman–Crippen MR) is 79.5 cm³/mol. The summed E-state index contributed by atoms with van der Waals surface area (Å²) in [5.41, 5.74) is 0. The Morgan fingerprint density at radius 2 is 1.35 bits per heavy atom. The predicted octanol–water partition coefficient (Wildman–Crippen LogP) is 4.63. The Morgan fingerprint density at radius 1 is 0.900 bits per heavy atom. The molecule has 3 nitrogen and oxygen atoms in total.